The van der Waals surface area contributed by atoms with Crippen LogP contribution in [0.15, 0.2) is 0 Å². The average molecular weight is 197 g/mol. The van der Waals surface area contributed by atoms with E-state index in [1.807, 2.05) is 0 Å². The maximum Gasteiger partial charge on any atom is 0.0414 e. The lowest BCUT2D eigenvalue weighted by molar-refractivity contribution is -0.305. The normalized spacial score (nSPS) is 6.54. The number of hydrogen-bond donors (Lipinski definition) is 3. The van der Waals surface area contributed by atoms with E-state index >= 15 is 0 Å². The van der Waals surface area contributed by atoms with Crippen LogP contribution >= 0.6 is 0 Å². The van der Waals surface area contributed by atoms with Crippen molar-refractivity contribution in [3.63, 3.8) is 0 Å². The summed E-state index contributed by atoms with van der Waals surface area (Å²) in [5.74, 6) is -0.961. The molecule has 0 rings (SSSR count). The van der Waals surface area contributed by atoms with Crippen molar-refractivity contribution in [3.05, 3.63) is 0 Å². The number of quaternary nitrogens is 1. The van der Waals surface area contributed by atoms with Gasteiger partial charge in [0.1, 0.15) is 0 Å². The number of carbonyl (C=O) groups is 1. The first-order valence-electron chi connectivity index (χ1n) is 4.02. The van der Waals surface area contributed by atoms with Crippen LogP contribution in [0.3, 0.4) is 0 Å². The van der Waals surface area contributed by atoms with Crippen molar-refractivity contribution in [3.8, 4) is 0 Å². The number of aliphatic carboxylic acids is 1. The summed E-state index contributed by atoms with van der Waals surface area (Å²) in [7, 11) is 0. The minimum absolute atomic E-state index is 0. The van der Waals surface area contributed by atoms with Gasteiger partial charge < -0.3 is 26.3 Å². The highest BCUT2D eigenvalue weighted by atomic mass is 16.4. The number of aliphatic hydroxyl groups is 2. The smallest absolute Gasteiger partial charge is 0.0414 e. The Morgan fingerprint density at radius 1 is 1.15 bits per heavy atom. The molecule has 84 valence electrons. The summed E-state index contributed by atoms with van der Waals surface area (Å²) < 4.78 is 0. The summed E-state index contributed by atoms with van der Waals surface area (Å²) in [4.78, 5) is 9.49. The van der Waals surface area contributed by atoms with Gasteiger partial charge in [-0.2, -0.15) is 0 Å². The first-order chi connectivity index (χ1) is 5.60. The fourth-order valence-electron chi connectivity index (χ4n) is 0.204. The molecular weight excluding hydrogens is 174 g/mol. The maximum absolute atomic E-state index is 9.49. The zero-order chi connectivity index (χ0) is 10.4. The summed E-state index contributed by atoms with van der Waals surface area (Å²) >= 11 is 0. The van der Waals surface area contributed by atoms with Gasteiger partial charge in [0, 0.05) is 19.2 Å². The van der Waals surface area contributed by atoms with E-state index in [4.69, 9.17) is 10.2 Å². The second-order valence-corrected chi connectivity index (χ2v) is 1.75. The predicted molar refractivity (Wildman–Crippen MR) is 51.4 cm³/mol. The Morgan fingerprint density at radius 3 is 1.38 bits per heavy atom. The molecule has 0 unspecified atom stereocenters. The average Bonchev–Trinajstić information content (AvgIpc) is 1.89. The highest BCUT2D eigenvalue weighted by molar-refractivity contribution is 5.63. The first-order valence-corrected chi connectivity index (χ1v) is 4.02. The molecular formula is C8H23NO4. The largest absolute Gasteiger partial charge is 0.550 e. The lowest BCUT2D eigenvalue weighted by Crippen LogP contribution is -2.20. The quantitative estimate of drug-likeness (QED) is 0.573. The Morgan fingerprint density at radius 2 is 1.38 bits per heavy atom. The van der Waals surface area contributed by atoms with Crippen LogP contribution in [-0.2, 0) is 4.79 Å². The van der Waals surface area contributed by atoms with Crippen molar-refractivity contribution in [1.29, 1.82) is 0 Å². The minimum Gasteiger partial charge on any atom is -0.550 e. The Balaban J connectivity index is -0.0000000501. The third kappa shape index (κ3) is 180. The van der Waals surface area contributed by atoms with Crippen LogP contribution in [0.5, 0.6) is 0 Å². The second kappa shape index (κ2) is 30.2. The zero-order valence-electron chi connectivity index (χ0n) is 9.04. The van der Waals surface area contributed by atoms with Gasteiger partial charge in [-0.1, -0.05) is 13.3 Å². The lowest BCUT2D eigenvalue weighted by atomic mass is 10.4. The number of aliphatic hydroxyl groups excluding tert-OH is 2. The molecule has 0 aliphatic carbocycles. The zero-order valence-corrected chi connectivity index (χ0v) is 9.04. The van der Waals surface area contributed by atoms with Gasteiger partial charge in [-0.05, 0) is 20.3 Å². The van der Waals surface area contributed by atoms with Crippen molar-refractivity contribution >= 4 is 5.97 Å². The molecule has 0 bridgehead atoms. The van der Waals surface area contributed by atoms with Crippen LogP contribution in [0.2, 0.25) is 0 Å². The summed E-state index contributed by atoms with van der Waals surface area (Å²) in [6, 6.07) is 0. The molecule has 0 radical (unpaired) electrons. The molecule has 0 aromatic rings. The topological polar surface area (TPSA) is 117 Å². The molecule has 0 aromatic carbocycles. The number of carboxylic acid groups (broad SMARTS) is 1. The van der Waals surface area contributed by atoms with Crippen molar-refractivity contribution in [2.24, 2.45) is 0 Å². The van der Waals surface area contributed by atoms with Gasteiger partial charge in [0.25, 0.3) is 0 Å². The van der Waals surface area contributed by atoms with E-state index in [2.05, 4.69) is 0 Å². The standard InChI is InChI=1S/C4H8O2.2C2H6O.H3N/c1-2-3-4(5)6;2*1-2-3;/h2-3H2,1H3,(H,5,6);2*3H,2H2,1H3;1H3. The molecule has 0 atom stereocenters. The molecule has 0 heterocycles. The molecule has 13 heavy (non-hydrogen) atoms. The highest BCUT2D eigenvalue weighted by Crippen LogP contribution is 1.79. The summed E-state index contributed by atoms with van der Waals surface area (Å²) in [5.41, 5.74) is 0. The van der Waals surface area contributed by atoms with Gasteiger partial charge in [-0.3, -0.25) is 0 Å². The van der Waals surface area contributed by atoms with Crippen LogP contribution in [-0.4, -0.2) is 29.4 Å². The molecule has 0 fully saturated rings. The van der Waals surface area contributed by atoms with Gasteiger partial charge in [-0.15, -0.1) is 0 Å². The van der Waals surface area contributed by atoms with E-state index in [1.165, 1.54) is 0 Å². The van der Waals surface area contributed by atoms with Crippen LogP contribution in [0.4, 0.5) is 0 Å². The Hall–Kier alpha value is -0.650. The SMILES string of the molecule is CCCC(=O)[O-].CCO.CCO.[NH4+]. The predicted octanol–water partition coefficient (Wildman–Crippen LogP) is -0.0902. The van der Waals surface area contributed by atoms with Crippen molar-refractivity contribution in [1.82, 2.24) is 6.15 Å². The number of rotatable bonds is 2. The molecule has 6 N–H and O–H groups in total. The molecule has 0 aliphatic heterocycles. The molecule has 0 aliphatic rings. The van der Waals surface area contributed by atoms with E-state index in [0.717, 1.165) is 0 Å². The number of hydrogen-bond acceptors (Lipinski definition) is 4. The van der Waals surface area contributed by atoms with Gasteiger partial charge >= 0.3 is 0 Å². The third-order valence-corrected chi connectivity index (χ3v) is 0.454. The molecule has 5 heteroatoms. The molecule has 0 saturated carbocycles. The van der Waals surface area contributed by atoms with Gasteiger partial charge in [0.05, 0.1) is 0 Å². The third-order valence-electron chi connectivity index (χ3n) is 0.454. The van der Waals surface area contributed by atoms with E-state index in [1.54, 1.807) is 20.8 Å². The van der Waals surface area contributed by atoms with Crippen LogP contribution < -0.4 is 11.3 Å². The Labute approximate surface area is 80.0 Å². The van der Waals surface area contributed by atoms with Gasteiger partial charge in [0.15, 0.2) is 0 Å². The van der Waals surface area contributed by atoms with Crippen molar-refractivity contribution in [2.75, 3.05) is 13.2 Å². The summed E-state index contributed by atoms with van der Waals surface area (Å²) in [6.07, 6.45) is 0.850. The van der Waals surface area contributed by atoms with E-state index in [0.29, 0.717) is 6.42 Å². The first kappa shape index (κ1) is 22.8. The van der Waals surface area contributed by atoms with E-state index in [-0.39, 0.29) is 25.8 Å². The minimum atomic E-state index is -0.961. The fourth-order valence-corrected chi connectivity index (χ4v) is 0.204. The van der Waals surface area contributed by atoms with Crippen LogP contribution in [0.1, 0.15) is 33.6 Å². The lowest BCUT2D eigenvalue weighted by Gasteiger charge is -1.92. The Kier molecular flexibility index (Phi) is 52.9. The fraction of sp³-hybridized carbons (Fsp3) is 0.875. The highest BCUT2D eigenvalue weighted by Gasteiger charge is 1.75. The monoisotopic (exact) mass is 197 g/mol. The number of carbonyl (C=O) groups excluding carboxylic acids is 1. The van der Waals surface area contributed by atoms with Crippen LogP contribution in [0.25, 0.3) is 0 Å². The van der Waals surface area contributed by atoms with Crippen LogP contribution in [0, 0.1) is 0 Å². The maximum atomic E-state index is 9.49. The second-order valence-electron chi connectivity index (χ2n) is 1.75. The molecule has 0 amide bonds. The summed E-state index contributed by atoms with van der Waals surface area (Å²) in [6.45, 7) is 5.66. The van der Waals surface area contributed by atoms with E-state index < -0.39 is 5.97 Å². The molecule has 0 aromatic heterocycles. The van der Waals surface area contributed by atoms with Crippen molar-refractivity contribution in [2.45, 2.75) is 33.6 Å². The van der Waals surface area contributed by atoms with Crippen molar-refractivity contribution < 1.29 is 20.1 Å². The number of carboxylic acids is 1. The molecule has 0 saturated heterocycles. The van der Waals surface area contributed by atoms with E-state index in [9.17, 15) is 9.90 Å². The van der Waals surface area contributed by atoms with Gasteiger partial charge in [0.2, 0.25) is 0 Å². The molecule has 0 spiro atoms. The molecule has 5 nitrogen and oxygen atoms in total. The Bertz CT molecular complexity index is 76.5. The summed E-state index contributed by atoms with van der Waals surface area (Å²) in [5, 5.41) is 24.6. The van der Waals surface area contributed by atoms with Gasteiger partial charge in [-0.25, -0.2) is 0 Å².